The van der Waals surface area contributed by atoms with E-state index < -0.39 is 4.92 Å². The van der Waals surface area contributed by atoms with E-state index in [4.69, 9.17) is 16.6 Å². The Hall–Kier alpha value is -3.00. The minimum absolute atomic E-state index is 0.0153. The number of thiocarbonyl (C=S) groups is 1. The minimum atomic E-state index is -0.457. The number of nitro benzene ring substituents is 1. The van der Waals surface area contributed by atoms with Crippen molar-refractivity contribution in [1.29, 1.82) is 0 Å². The molecule has 0 unspecified atom stereocenters. The molecule has 1 aliphatic rings. The lowest BCUT2D eigenvalue weighted by Crippen LogP contribution is -2.30. The van der Waals surface area contributed by atoms with Gasteiger partial charge in [0.05, 0.1) is 4.92 Å². The number of nitrogens with one attached hydrogen (secondary N) is 1. The molecule has 3 rings (SSSR count). The first kappa shape index (κ1) is 15.9. The van der Waals surface area contributed by atoms with E-state index in [0.717, 1.165) is 0 Å². The van der Waals surface area contributed by atoms with Crippen LogP contribution < -0.4 is 5.32 Å². The highest BCUT2D eigenvalue weighted by Gasteiger charge is 2.29. The second-order valence-corrected chi connectivity index (χ2v) is 5.43. The number of hydrogen-bond acceptors (Lipinski definition) is 5. The van der Waals surface area contributed by atoms with Gasteiger partial charge in [0.25, 0.3) is 11.6 Å². The standard InChI is InChI=1S/C16H13N3O4S/c1-2-18-15(20)13(17-16(18)24)9-12-7-8-14(23-12)10-3-5-11(6-4-10)19(21)22/h3-9H,2H2,1H3,(H,17,24). The van der Waals surface area contributed by atoms with Crippen LogP contribution in [0.5, 0.6) is 0 Å². The lowest BCUT2D eigenvalue weighted by molar-refractivity contribution is -0.384. The summed E-state index contributed by atoms with van der Waals surface area (Å²) in [5.74, 6) is 0.841. The summed E-state index contributed by atoms with van der Waals surface area (Å²) in [6, 6.07) is 9.51. The number of carbonyl (C=O) groups is 1. The molecule has 0 bridgehead atoms. The smallest absolute Gasteiger partial charge is 0.276 e. The van der Waals surface area contributed by atoms with Crippen LogP contribution in [0.1, 0.15) is 12.7 Å². The van der Waals surface area contributed by atoms with Gasteiger partial charge in [-0.3, -0.25) is 19.8 Å². The van der Waals surface area contributed by atoms with Crippen LogP contribution in [0.3, 0.4) is 0 Å². The Kier molecular flexibility index (Phi) is 4.13. The maximum absolute atomic E-state index is 12.1. The molecule has 1 saturated heterocycles. The Morgan fingerprint density at radius 3 is 2.58 bits per heavy atom. The first-order chi connectivity index (χ1) is 11.5. The van der Waals surface area contributed by atoms with Crippen LogP contribution in [-0.4, -0.2) is 27.4 Å². The van der Waals surface area contributed by atoms with Gasteiger partial charge in [-0.2, -0.15) is 0 Å². The minimum Gasteiger partial charge on any atom is -0.457 e. The van der Waals surface area contributed by atoms with Crippen molar-refractivity contribution in [2.24, 2.45) is 0 Å². The Morgan fingerprint density at radius 1 is 1.29 bits per heavy atom. The van der Waals surface area contributed by atoms with Crippen LogP contribution in [-0.2, 0) is 4.79 Å². The van der Waals surface area contributed by atoms with Gasteiger partial charge < -0.3 is 9.73 Å². The van der Waals surface area contributed by atoms with E-state index >= 15 is 0 Å². The SMILES string of the molecule is CCN1C(=O)C(=Cc2ccc(-c3ccc([N+](=O)[O-])cc3)o2)NC1=S. The molecule has 8 heteroatoms. The summed E-state index contributed by atoms with van der Waals surface area (Å²) < 4.78 is 5.68. The maximum Gasteiger partial charge on any atom is 0.276 e. The summed E-state index contributed by atoms with van der Waals surface area (Å²) in [5.41, 5.74) is 1.08. The van der Waals surface area contributed by atoms with Gasteiger partial charge >= 0.3 is 0 Å². The third-order valence-electron chi connectivity index (χ3n) is 3.55. The molecule has 1 aromatic carbocycles. The Bertz CT molecular complexity index is 854. The zero-order valence-corrected chi connectivity index (χ0v) is 13.5. The number of carbonyl (C=O) groups excluding carboxylic acids is 1. The third-order valence-corrected chi connectivity index (χ3v) is 3.88. The number of nitrogens with zero attached hydrogens (tertiary/aromatic N) is 2. The number of hydrogen-bond donors (Lipinski definition) is 1. The lowest BCUT2D eigenvalue weighted by atomic mass is 10.1. The molecule has 1 amide bonds. The predicted molar refractivity (Wildman–Crippen MR) is 91.9 cm³/mol. The monoisotopic (exact) mass is 343 g/mol. The van der Waals surface area contributed by atoms with Crippen molar-refractivity contribution in [3.05, 3.63) is 58.0 Å². The molecule has 1 aliphatic heterocycles. The van der Waals surface area contributed by atoms with Gasteiger partial charge in [0.15, 0.2) is 5.11 Å². The van der Waals surface area contributed by atoms with Gasteiger partial charge in [-0.25, -0.2) is 0 Å². The molecular formula is C16H13N3O4S. The molecule has 0 atom stereocenters. The van der Waals surface area contributed by atoms with Crippen molar-refractivity contribution in [3.8, 4) is 11.3 Å². The normalized spacial score (nSPS) is 15.9. The van der Waals surface area contributed by atoms with E-state index in [1.54, 1.807) is 30.3 Å². The molecule has 1 N–H and O–H groups in total. The second kappa shape index (κ2) is 6.25. The van der Waals surface area contributed by atoms with Crippen LogP contribution in [0.4, 0.5) is 5.69 Å². The molecule has 0 aliphatic carbocycles. The number of rotatable bonds is 4. The van der Waals surface area contributed by atoms with Crippen LogP contribution in [0.25, 0.3) is 17.4 Å². The molecule has 1 aromatic heterocycles. The number of non-ortho nitro benzene ring substituents is 1. The zero-order valence-electron chi connectivity index (χ0n) is 12.7. The van der Waals surface area contributed by atoms with E-state index in [0.29, 0.717) is 34.4 Å². The largest absolute Gasteiger partial charge is 0.457 e. The highest BCUT2D eigenvalue weighted by molar-refractivity contribution is 7.80. The van der Waals surface area contributed by atoms with Crippen molar-refractivity contribution in [2.45, 2.75) is 6.92 Å². The van der Waals surface area contributed by atoms with Gasteiger partial charge in [0.2, 0.25) is 0 Å². The second-order valence-electron chi connectivity index (χ2n) is 5.04. The first-order valence-corrected chi connectivity index (χ1v) is 7.59. The van der Waals surface area contributed by atoms with Gasteiger partial charge in [-0.05, 0) is 43.4 Å². The highest BCUT2D eigenvalue weighted by atomic mass is 32.1. The van der Waals surface area contributed by atoms with E-state index in [1.165, 1.54) is 17.0 Å². The predicted octanol–water partition coefficient (Wildman–Crippen LogP) is 2.93. The van der Waals surface area contributed by atoms with Crippen LogP contribution >= 0.6 is 12.2 Å². The number of amides is 1. The van der Waals surface area contributed by atoms with Gasteiger partial charge in [0.1, 0.15) is 17.2 Å². The summed E-state index contributed by atoms with van der Waals surface area (Å²) in [6.07, 6.45) is 1.58. The van der Waals surface area contributed by atoms with Gasteiger partial charge in [-0.1, -0.05) is 0 Å². The molecule has 7 nitrogen and oxygen atoms in total. The fraction of sp³-hybridized carbons (Fsp3) is 0.125. The van der Waals surface area contributed by atoms with E-state index in [2.05, 4.69) is 5.32 Å². The lowest BCUT2D eigenvalue weighted by Gasteiger charge is -2.08. The highest BCUT2D eigenvalue weighted by Crippen LogP contribution is 2.26. The fourth-order valence-corrected chi connectivity index (χ4v) is 2.66. The number of benzene rings is 1. The summed E-state index contributed by atoms with van der Waals surface area (Å²) >= 11 is 5.09. The molecule has 122 valence electrons. The van der Waals surface area contributed by atoms with E-state index in [1.807, 2.05) is 6.92 Å². The van der Waals surface area contributed by atoms with Gasteiger partial charge in [-0.15, -0.1) is 0 Å². The Morgan fingerprint density at radius 2 is 2.00 bits per heavy atom. The molecule has 2 aromatic rings. The van der Waals surface area contributed by atoms with Crippen LogP contribution in [0.15, 0.2) is 46.5 Å². The number of nitro groups is 1. The van der Waals surface area contributed by atoms with Crippen molar-refractivity contribution in [2.75, 3.05) is 6.54 Å². The molecule has 0 saturated carbocycles. The quantitative estimate of drug-likeness (QED) is 0.397. The molecule has 1 fully saturated rings. The molecule has 0 radical (unpaired) electrons. The van der Waals surface area contributed by atoms with E-state index in [-0.39, 0.29) is 11.6 Å². The fourth-order valence-electron chi connectivity index (χ4n) is 2.33. The topological polar surface area (TPSA) is 88.6 Å². The van der Waals surface area contributed by atoms with Crippen molar-refractivity contribution in [1.82, 2.24) is 10.2 Å². The van der Waals surface area contributed by atoms with Crippen molar-refractivity contribution < 1.29 is 14.1 Å². The van der Waals surface area contributed by atoms with Crippen molar-refractivity contribution in [3.63, 3.8) is 0 Å². The summed E-state index contributed by atoms with van der Waals surface area (Å²) in [4.78, 5) is 23.8. The Balaban J connectivity index is 1.83. The van der Waals surface area contributed by atoms with Crippen molar-refractivity contribution >= 4 is 35.0 Å². The molecule has 24 heavy (non-hydrogen) atoms. The summed E-state index contributed by atoms with van der Waals surface area (Å²) in [6.45, 7) is 2.34. The summed E-state index contributed by atoms with van der Waals surface area (Å²) in [5, 5.41) is 13.9. The Labute approximate surface area is 142 Å². The van der Waals surface area contributed by atoms with E-state index in [9.17, 15) is 14.9 Å². The maximum atomic E-state index is 12.1. The molecule has 2 heterocycles. The molecular weight excluding hydrogens is 330 g/mol. The average Bonchev–Trinajstić information content (AvgIpc) is 3.13. The van der Waals surface area contributed by atoms with Crippen LogP contribution in [0.2, 0.25) is 0 Å². The number of furan rings is 1. The molecule has 0 spiro atoms. The summed E-state index contributed by atoms with van der Waals surface area (Å²) in [7, 11) is 0. The third kappa shape index (κ3) is 2.91. The first-order valence-electron chi connectivity index (χ1n) is 7.19. The van der Waals surface area contributed by atoms with Crippen LogP contribution in [0, 0.1) is 10.1 Å². The average molecular weight is 343 g/mol. The number of likely N-dealkylation sites (N-methyl/N-ethyl adjacent to an activating group) is 1. The zero-order chi connectivity index (χ0) is 17.3. The van der Waals surface area contributed by atoms with Gasteiger partial charge in [0, 0.05) is 30.3 Å².